The van der Waals surface area contributed by atoms with Crippen LogP contribution in [0.25, 0.3) is 0 Å². The second-order valence-electron chi connectivity index (χ2n) is 11.1. The van der Waals surface area contributed by atoms with E-state index in [1.165, 1.54) is 11.1 Å². The molecular formula is C35H33Br2N3O4. The summed E-state index contributed by atoms with van der Waals surface area (Å²) in [5.74, 6) is 0.802. The van der Waals surface area contributed by atoms with Crippen LogP contribution in [0.5, 0.6) is 5.75 Å². The van der Waals surface area contributed by atoms with Gasteiger partial charge in [-0.25, -0.2) is 10.4 Å². The number of hydrazine groups is 1. The third-order valence-corrected chi connectivity index (χ3v) is 9.36. The van der Waals surface area contributed by atoms with Crippen LogP contribution in [-0.2, 0) is 28.8 Å². The van der Waals surface area contributed by atoms with Gasteiger partial charge < -0.3 is 14.6 Å². The highest BCUT2D eigenvalue weighted by atomic mass is 79.9. The number of rotatable bonds is 11. The molecule has 2 aliphatic rings. The van der Waals surface area contributed by atoms with E-state index in [0.717, 1.165) is 38.5 Å². The van der Waals surface area contributed by atoms with Crippen molar-refractivity contribution in [2.75, 3.05) is 13.2 Å². The number of halogens is 2. The average Bonchev–Trinajstić information content (AvgIpc) is 3.64. The Morgan fingerprint density at radius 3 is 2.30 bits per heavy atom. The van der Waals surface area contributed by atoms with Crippen molar-refractivity contribution in [1.29, 1.82) is 0 Å². The number of carbonyl (C=O) groups is 1. The van der Waals surface area contributed by atoms with Crippen molar-refractivity contribution in [3.05, 3.63) is 134 Å². The zero-order valence-electron chi connectivity index (χ0n) is 24.0. The molecule has 1 aliphatic carbocycles. The minimum absolute atomic E-state index is 0.0738. The predicted octanol–water partition coefficient (Wildman–Crippen LogP) is 6.26. The molecule has 0 aromatic heterocycles. The number of benzene rings is 4. The topological polar surface area (TPSA) is 92.2 Å². The summed E-state index contributed by atoms with van der Waals surface area (Å²) in [5.41, 5.74) is 10.2. The van der Waals surface area contributed by atoms with Crippen LogP contribution in [0.2, 0.25) is 0 Å². The van der Waals surface area contributed by atoms with Crippen molar-refractivity contribution in [1.82, 2.24) is 10.9 Å². The van der Waals surface area contributed by atoms with Crippen molar-refractivity contribution in [2.45, 2.75) is 43.4 Å². The second kappa shape index (κ2) is 13.6. The lowest BCUT2D eigenvalue weighted by Gasteiger charge is -2.31. The van der Waals surface area contributed by atoms with Crippen molar-refractivity contribution in [2.24, 2.45) is 4.99 Å². The maximum atomic E-state index is 14.5. The fourth-order valence-electron chi connectivity index (χ4n) is 5.79. The Hall–Kier alpha value is -3.50. The minimum Gasteiger partial charge on any atom is -0.494 e. The van der Waals surface area contributed by atoms with Crippen molar-refractivity contribution >= 4 is 43.7 Å². The Morgan fingerprint density at radius 1 is 0.932 bits per heavy atom. The summed E-state index contributed by atoms with van der Waals surface area (Å²) in [7, 11) is 0. The molecule has 4 aromatic carbocycles. The molecule has 0 radical (unpaired) electrons. The first-order valence-electron chi connectivity index (χ1n) is 14.7. The van der Waals surface area contributed by atoms with Gasteiger partial charge in [-0.3, -0.25) is 10.2 Å². The number of ether oxygens (including phenoxy) is 2. The van der Waals surface area contributed by atoms with Crippen molar-refractivity contribution in [3.8, 4) is 5.75 Å². The largest absolute Gasteiger partial charge is 0.494 e. The fourth-order valence-corrected chi connectivity index (χ4v) is 6.48. The van der Waals surface area contributed by atoms with Crippen molar-refractivity contribution < 1.29 is 19.4 Å². The zero-order valence-corrected chi connectivity index (χ0v) is 27.2. The Morgan fingerprint density at radius 2 is 1.61 bits per heavy atom. The van der Waals surface area contributed by atoms with Gasteiger partial charge in [-0.2, -0.15) is 0 Å². The van der Waals surface area contributed by atoms with E-state index < -0.39 is 11.6 Å². The summed E-state index contributed by atoms with van der Waals surface area (Å²) in [5, 5.41) is 9.07. The number of hydrogen-bond acceptors (Lipinski definition) is 6. The molecule has 0 spiro atoms. The standard InChI is InChI=1S/C35H33Br2N3O4/c36-28-14-10-23(11-15-28)32-35(22-27-8-3-4-9-31(27)37,34(42)40-39-29-20-25-6-1-2-7-26(25)21-29)38-33(44-32)24-12-16-30(17-13-24)43-19-5-18-41/h1-4,6-17,29,32,39,41H,5,18-22H2,(H,40,42)/t32-,35-/m0/s1. The normalized spacial score (nSPS) is 19.2. The van der Waals surface area contributed by atoms with Gasteiger partial charge in [0.1, 0.15) is 5.75 Å². The molecular weight excluding hydrogens is 686 g/mol. The lowest BCUT2D eigenvalue weighted by atomic mass is 9.82. The summed E-state index contributed by atoms with van der Waals surface area (Å²) in [6.07, 6.45) is 1.84. The molecule has 4 aromatic rings. The van der Waals surface area contributed by atoms with Gasteiger partial charge in [-0.05, 0) is 77.6 Å². The number of aliphatic hydroxyl groups excluding tert-OH is 1. The Kier molecular flexibility index (Phi) is 9.47. The summed E-state index contributed by atoms with van der Waals surface area (Å²) < 4.78 is 14.2. The molecule has 3 N–H and O–H groups in total. The first kappa shape index (κ1) is 30.5. The van der Waals surface area contributed by atoms with Crippen LogP contribution >= 0.6 is 31.9 Å². The monoisotopic (exact) mass is 717 g/mol. The summed E-state index contributed by atoms with van der Waals surface area (Å²) in [6.45, 7) is 0.498. The molecule has 1 aliphatic heterocycles. The lowest BCUT2D eigenvalue weighted by molar-refractivity contribution is -0.130. The molecule has 2 atom stereocenters. The summed E-state index contributed by atoms with van der Waals surface area (Å²) >= 11 is 7.23. The van der Waals surface area contributed by atoms with Crippen LogP contribution < -0.4 is 15.6 Å². The van der Waals surface area contributed by atoms with Crippen LogP contribution in [-0.4, -0.2) is 41.7 Å². The third-order valence-electron chi connectivity index (χ3n) is 8.06. The van der Waals surface area contributed by atoms with E-state index in [1.54, 1.807) is 0 Å². The van der Waals surface area contributed by atoms with E-state index in [-0.39, 0.29) is 18.6 Å². The Labute approximate surface area is 273 Å². The second-order valence-corrected chi connectivity index (χ2v) is 12.9. The zero-order chi connectivity index (χ0) is 30.5. The Bertz CT molecular complexity index is 1620. The number of carbonyl (C=O) groups excluding carboxylic acids is 1. The van der Waals surface area contributed by atoms with Crippen LogP contribution in [0.3, 0.4) is 0 Å². The van der Waals surface area contributed by atoms with Gasteiger partial charge in [0.05, 0.1) is 6.61 Å². The summed E-state index contributed by atoms with van der Waals surface area (Å²) in [6, 6.07) is 31.6. The van der Waals surface area contributed by atoms with Gasteiger partial charge in [0.25, 0.3) is 5.91 Å². The lowest BCUT2D eigenvalue weighted by Crippen LogP contribution is -2.56. The first-order valence-corrected chi connectivity index (χ1v) is 16.3. The number of nitrogens with one attached hydrogen (secondary N) is 2. The molecule has 7 nitrogen and oxygen atoms in total. The van der Waals surface area contributed by atoms with Crippen LogP contribution in [0, 0.1) is 0 Å². The van der Waals surface area contributed by atoms with Gasteiger partial charge in [0.2, 0.25) is 5.90 Å². The van der Waals surface area contributed by atoms with Crippen LogP contribution in [0.1, 0.15) is 40.3 Å². The molecule has 9 heteroatoms. The van der Waals surface area contributed by atoms with E-state index in [2.05, 4.69) is 67.0 Å². The predicted molar refractivity (Wildman–Crippen MR) is 178 cm³/mol. The smallest absolute Gasteiger partial charge is 0.266 e. The van der Waals surface area contributed by atoms with E-state index >= 15 is 0 Å². The maximum Gasteiger partial charge on any atom is 0.266 e. The Balaban J connectivity index is 1.35. The molecule has 0 bridgehead atoms. The highest BCUT2D eigenvalue weighted by Crippen LogP contribution is 2.43. The molecule has 0 fully saturated rings. The number of amides is 1. The van der Waals surface area contributed by atoms with E-state index in [0.29, 0.717) is 31.1 Å². The van der Waals surface area contributed by atoms with Gasteiger partial charge in [-0.15, -0.1) is 0 Å². The van der Waals surface area contributed by atoms with Crippen molar-refractivity contribution in [3.63, 3.8) is 0 Å². The number of aliphatic imine (C=N–C) groups is 1. The third kappa shape index (κ3) is 6.61. The summed E-state index contributed by atoms with van der Waals surface area (Å²) in [4.78, 5) is 19.6. The SMILES string of the molecule is O=C(NNC1Cc2ccccc2C1)[C@@]1(Cc2ccccc2Br)N=C(c2ccc(OCCCO)cc2)O[C@H]1c1ccc(Br)cc1. The van der Waals surface area contributed by atoms with Crippen LogP contribution in [0.4, 0.5) is 0 Å². The van der Waals surface area contributed by atoms with Gasteiger partial charge in [0.15, 0.2) is 11.6 Å². The van der Waals surface area contributed by atoms with E-state index in [1.807, 2.05) is 72.8 Å². The number of hydrogen-bond donors (Lipinski definition) is 3. The van der Waals surface area contributed by atoms with Gasteiger partial charge >= 0.3 is 0 Å². The molecule has 0 saturated carbocycles. The molecule has 1 amide bonds. The van der Waals surface area contributed by atoms with E-state index in [9.17, 15) is 4.79 Å². The molecule has 44 heavy (non-hydrogen) atoms. The van der Waals surface area contributed by atoms with Gasteiger partial charge in [0, 0.05) is 40.0 Å². The molecule has 0 saturated heterocycles. The fraction of sp³-hybridized carbons (Fsp3) is 0.257. The number of fused-ring (bicyclic) bond motifs is 1. The number of aliphatic hydroxyl groups is 1. The highest BCUT2D eigenvalue weighted by Gasteiger charge is 2.53. The van der Waals surface area contributed by atoms with Crippen LogP contribution in [0.15, 0.2) is 111 Å². The quantitative estimate of drug-likeness (QED) is 0.126. The molecule has 6 rings (SSSR count). The minimum atomic E-state index is -1.32. The average molecular weight is 719 g/mol. The van der Waals surface area contributed by atoms with Gasteiger partial charge in [-0.1, -0.05) is 86.5 Å². The first-order chi connectivity index (χ1) is 21.4. The highest BCUT2D eigenvalue weighted by molar-refractivity contribution is 9.10. The molecule has 226 valence electrons. The maximum absolute atomic E-state index is 14.5. The van der Waals surface area contributed by atoms with E-state index in [4.69, 9.17) is 19.6 Å². The number of nitrogens with zero attached hydrogens (tertiary/aromatic N) is 1. The molecule has 1 heterocycles. The molecule has 0 unspecified atom stereocenters.